The highest BCUT2D eigenvalue weighted by Crippen LogP contribution is 2.32. The minimum atomic E-state index is -0.642. The van der Waals surface area contributed by atoms with E-state index < -0.39 is 11.9 Å². The van der Waals surface area contributed by atoms with E-state index >= 15 is 0 Å². The molecule has 0 unspecified atom stereocenters. The molecule has 3 N–H and O–H groups in total. The monoisotopic (exact) mass is 511 g/mol. The van der Waals surface area contributed by atoms with Gasteiger partial charge in [0.1, 0.15) is 6.04 Å². The lowest BCUT2D eigenvalue weighted by Crippen LogP contribution is -2.40. The number of fused-ring (bicyclic) bond motifs is 1. The lowest BCUT2D eigenvalue weighted by molar-refractivity contribution is -0.121. The average Bonchev–Trinajstić information content (AvgIpc) is 3.36. The molecular weight excluding hydrogens is 477 g/mol. The summed E-state index contributed by atoms with van der Waals surface area (Å²) in [6.45, 7) is 0.162. The number of aryl methyl sites for hydroxylation is 1. The van der Waals surface area contributed by atoms with Crippen molar-refractivity contribution in [1.29, 1.82) is 0 Å². The fourth-order valence-corrected chi connectivity index (χ4v) is 4.91. The first-order chi connectivity index (χ1) is 17.9. The van der Waals surface area contributed by atoms with Crippen LogP contribution < -0.4 is 25.3 Å². The van der Waals surface area contributed by atoms with Gasteiger partial charge in [0.05, 0.1) is 13.5 Å². The Morgan fingerprint density at radius 1 is 1.11 bits per heavy atom. The Kier molecular flexibility index (Phi) is 8.98. The van der Waals surface area contributed by atoms with Gasteiger partial charge in [-0.2, -0.15) is 0 Å². The molecule has 0 bridgehead atoms. The van der Waals surface area contributed by atoms with Crippen molar-refractivity contribution in [2.24, 2.45) is 16.6 Å². The maximum atomic E-state index is 13.7. The van der Waals surface area contributed by atoms with E-state index in [-0.39, 0.29) is 43.0 Å². The Labute approximate surface area is 216 Å². The molecule has 2 aromatic rings. The molecule has 4 rings (SSSR count). The summed E-state index contributed by atoms with van der Waals surface area (Å²) in [6, 6.07) is 9.26. The number of ketones is 1. The van der Waals surface area contributed by atoms with Crippen LogP contribution in [-0.4, -0.2) is 37.6 Å². The number of nitrogens with one attached hydrogen (secondary N) is 1. The molecule has 1 saturated carbocycles. The van der Waals surface area contributed by atoms with Gasteiger partial charge < -0.3 is 19.9 Å². The van der Waals surface area contributed by atoms with Gasteiger partial charge in [-0.3, -0.25) is 14.9 Å². The largest absolute Gasteiger partial charge is 0.494 e. The maximum absolute atomic E-state index is 13.7. The highest BCUT2D eigenvalue weighted by Gasteiger charge is 2.25. The summed E-state index contributed by atoms with van der Waals surface area (Å²) in [5, 5.41) is 2.62. The molecular formula is C28H34FN3O5. The number of hydrogen-bond acceptors (Lipinski definition) is 6. The Morgan fingerprint density at radius 3 is 2.65 bits per heavy atom. The number of carbonyl (C=O) groups excluding carboxylic acids is 2. The van der Waals surface area contributed by atoms with Crippen molar-refractivity contribution in [2.75, 3.05) is 13.9 Å². The summed E-state index contributed by atoms with van der Waals surface area (Å²) >= 11 is 0. The molecule has 1 aliphatic heterocycles. The number of halogens is 1. The van der Waals surface area contributed by atoms with Gasteiger partial charge in [-0.15, -0.1) is 0 Å². The fourth-order valence-electron chi connectivity index (χ4n) is 4.91. The highest BCUT2D eigenvalue weighted by atomic mass is 19.1. The van der Waals surface area contributed by atoms with Gasteiger partial charge in [0.25, 0.3) is 0 Å². The topological polar surface area (TPSA) is 112 Å². The van der Waals surface area contributed by atoms with Crippen molar-refractivity contribution in [2.45, 2.75) is 63.8 Å². The molecule has 8 nitrogen and oxygen atoms in total. The van der Waals surface area contributed by atoms with Gasteiger partial charge in [0, 0.05) is 6.42 Å². The minimum Gasteiger partial charge on any atom is -0.494 e. The molecule has 0 aromatic heterocycles. The molecule has 1 atom stereocenters. The Hall–Kier alpha value is -3.62. The number of carbonyl (C=O) groups is 2. The number of nitrogens with zero attached hydrogens (tertiary/aromatic N) is 1. The molecule has 0 saturated heterocycles. The second-order valence-corrected chi connectivity index (χ2v) is 9.62. The zero-order chi connectivity index (χ0) is 26.2. The number of aliphatic imine (C=N–C) groups is 1. The average molecular weight is 512 g/mol. The first-order valence-corrected chi connectivity index (χ1v) is 12.8. The molecule has 9 heteroatoms. The highest BCUT2D eigenvalue weighted by molar-refractivity contribution is 5.98. The molecule has 2 aliphatic rings. The molecule has 0 radical (unpaired) electrons. The zero-order valence-electron chi connectivity index (χ0n) is 21.1. The summed E-state index contributed by atoms with van der Waals surface area (Å²) in [5.74, 6) is 0.900. The van der Waals surface area contributed by atoms with Crippen LogP contribution >= 0.6 is 0 Å². The number of methoxy groups -OCH3 is 1. The molecule has 1 amide bonds. The van der Waals surface area contributed by atoms with Crippen LogP contribution in [0.1, 0.15) is 56.1 Å². The summed E-state index contributed by atoms with van der Waals surface area (Å²) in [7, 11) is 1.41. The smallest absolute Gasteiger partial charge is 0.231 e. The van der Waals surface area contributed by atoms with Gasteiger partial charge in [0.2, 0.25) is 12.7 Å². The normalized spacial score (nSPS) is 16.3. The molecule has 37 heavy (non-hydrogen) atoms. The number of benzene rings is 2. The first-order valence-electron chi connectivity index (χ1n) is 12.8. The molecule has 198 valence electrons. The number of rotatable bonds is 10. The van der Waals surface area contributed by atoms with Crippen molar-refractivity contribution in [3.05, 3.63) is 53.3 Å². The standard InChI is InChI=1S/C28H34FN3O5/c1-35-25-14-19(7-10-21(25)29)8-11-23(33)22(13-18-5-3-2-4-6-18)31-28(30)32-27(34)16-20-9-12-24-26(15-20)37-17-36-24/h7,9-10,12,14-15,18,22H,2-6,8,11,13,16-17H2,1H3,(H3,30,31,32,34)/t22-/m1/s1. The van der Waals surface area contributed by atoms with E-state index in [0.29, 0.717) is 30.3 Å². The third-order valence-corrected chi connectivity index (χ3v) is 6.89. The van der Waals surface area contributed by atoms with Crippen LogP contribution in [0.2, 0.25) is 0 Å². The van der Waals surface area contributed by atoms with E-state index in [1.54, 1.807) is 30.3 Å². The first kappa shape index (κ1) is 26.4. The van der Waals surface area contributed by atoms with Crippen molar-refractivity contribution < 1.29 is 28.2 Å². The van der Waals surface area contributed by atoms with Gasteiger partial charge >= 0.3 is 0 Å². The maximum Gasteiger partial charge on any atom is 0.231 e. The van der Waals surface area contributed by atoms with E-state index in [1.165, 1.54) is 19.6 Å². The number of amides is 1. The Bertz CT molecular complexity index is 1150. The molecule has 1 aliphatic carbocycles. The summed E-state index contributed by atoms with van der Waals surface area (Å²) in [5.41, 5.74) is 7.64. The Balaban J connectivity index is 1.39. The summed E-state index contributed by atoms with van der Waals surface area (Å²) in [6.07, 6.45) is 6.97. The SMILES string of the molecule is COc1cc(CCC(=O)[C@@H](CC2CCCCC2)N=C(N)NC(=O)Cc2ccc3c(c2)OCO3)ccc1F. The van der Waals surface area contributed by atoms with Crippen molar-refractivity contribution in [3.8, 4) is 17.2 Å². The molecule has 1 fully saturated rings. The summed E-state index contributed by atoms with van der Waals surface area (Å²) < 4.78 is 29.4. The van der Waals surface area contributed by atoms with E-state index in [2.05, 4.69) is 10.3 Å². The second-order valence-electron chi connectivity index (χ2n) is 9.62. The lowest BCUT2D eigenvalue weighted by Gasteiger charge is -2.24. The lowest BCUT2D eigenvalue weighted by atomic mass is 9.83. The van der Waals surface area contributed by atoms with Gasteiger partial charge in [-0.25, -0.2) is 9.38 Å². The molecule has 1 heterocycles. The van der Waals surface area contributed by atoms with Crippen LogP contribution in [0.3, 0.4) is 0 Å². The van der Waals surface area contributed by atoms with Gasteiger partial charge in [0.15, 0.2) is 34.8 Å². The van der Waals surface area contributed by atoms with Crippen LogP contribution in [0.25, 0.3) is 0 Å². The van der Waals surface area contributed by atoms with Gasteiger partial charge in [-0.1, -0.05) is 44.2 Å². The van der Waals surface area contributed by atoms with Crippen LogP contribution in [0.15, 0.2) is 41.4 Å². The minimum absolute atomic E-state index is 0.0539. The predicted molar refractivity (Wildman–Crippen MR) is 137 cm³/mol. The Morgan fingerprint density at radius 2 is 1.86 bits per heavy atom. The third kappa shape index (κ3) is 7.44. The van der Waals surface area contributed by atoms with E-state index in [9.17, 15) is 14.0 Å². The number of guanidine groups is 1. The van der Waals surface area contributed by atoms with Crippen molar-refractivity contribution in [3.63, 3.8) is 0 Å². The number of nitrogens with two attached hydrogens (primary N) is 1. The van der Waals surface area contributed by atoms with Crippen LogP contribution in [0, 0.1) is 11.7 Å². The van der Waals surface area contributed by atoms with E-state index in [0.717, 1.165) is 36.8 Å². The van der Waals surface area contributed by atoms with E-state index in [4.69, 9.17) is 19.9 Å². The second kappa shape index (κ2) is 12.6. The molecule has 2 aromatic carbocycles. The van der Waals surface area contributed by atoms with Crippen molar-refractivity contribution >= 4 is 17.6 Å². The summed E-state index contributed by atoms with van der Waals surface area (Å²) in [4.78, 5) is 30.3. The quantitative estimate of drug-likeness (QED) is 0.367. The van der Waals surface area contributed by atoms with Crippen LogP contribution in [-0.2, 0) is 22.4 Å². The predicted octanol–water partition coefficient (Wildman–Crippen LogP) is 4.08. The fraction of sp³-hybridized carbons (Fsp3) is 0.464. The number of hydrogen-bond donors (Lipinski definition) is 2. The number of ether oxygens (including phenoxy) is 3. The van der Waals surface area contributed by atoms with Crippen LogP contribution in [0.4, 0.5) is 4.39 Å². The van der Waals surface area contributed by atoms with Crippen LogP contribution in [0.5, 0.6) is 17.2 Å². The van der Waals surface area contributed by atoms with Crippen molar-refractivity contribution in [1.82, 2.24) is 5.32 Å². The zero-order valence-corrected chi connectivity index (χ0v) is 21.1. The molecule has 0 spiro atoms. The van der Waals surface area contributed by atoms with Gasteiger partial charge in [-0.05, 0) is 54.2 Å². The number of Topliss-reactive ketones (excluding diaryl/α,β-unsaturated/α-hetero) is 1. The van der Waals surface area contributed by atoms with E-state index in [1.807, 2.05) is 0 Å². The third-order valence-electron chi connectivity index (χ3n) is 6.89.